The van der Waals surface area contributed by atoms with Crippen LogP contribution in [0, 0.1) is 0 Å². The fourth-order valence-electron chi connectivity index (χ4n) is 1.47. The number of esters is 1. The molecule has 5 nitrogen and oxygen atoms in total. The van der Waals surface area contributed by atoms with Gasteiger partial charge in [0.25, 0.3) is 0 Å². The van der Waals surface area contributed by atoms with E-state index in [-0.39, 0.29) is 0 Å². The summed E-state index contributed by atoms with van der Waals surface area (Å²) in [7, 11) is 2.88. The summed E-state index contributed by atoms with van der Waals surface area (Å²) in [5, 5.41) is 3.80. The summed E-state index contributed by atoms with van der Waals surface area (Å²) < 4.78 is 14.6. The maximum absolute atomic E-state index is 11.5. The van der Waals surface area contributed by atoms with Gasteiger partial charge >= 0.3 is 5.97 Å². The number of rotatable bonds is 3. The summed E-state index contributed by atoms with van der Waals surface area (Å²) in [6.45, 7) is 0. The monoisotopic (exact) mass is 233 g/mol. The molecule has 0 atom stereocenters. The zero-order chi connectivity index (χ0) is 12.3. The molecule has 1 aromatic carbocycles. The predicted octanol–water partition coefficient (Wildman–Crippen LogP) is 2.14. The third kappa shape index (κ3) is 2.13. The molecule has 0 saturated carbocycles. The van der Waals surface area contributed by atoms with E-state index >= 15 is 0 Å². The molecule has 0 N–H and O–H groups in total. The van der Waals surface area contributed by atoms with Crippen LogP contribution in [0.4, 0.5) is 0 Å². The van der Waals surface area contributed by atoms with Crippen LogP contribution in [0.1, 0.15) is 10.4 Å². The Hall–Kier alpha value is -2.30. The maximum atomic E-state index is 11.5. The summed E-state index contributed by atoms with van der Waals surface area (Å²) in [5.41, 5.74) is 1.47. The first-order chi connectivity index (χ1) is 8.26. The molecule has 0 radical (unpaired) electrons. The lowest BCUT2D eigenvalue weighted by atomic mass is 10.1. The minimum Gasteiger partial charge on any atom is -0.497 e. The zero-order valence-electron chi connectivity index (χ0n) is 9.47. The Labute approximate surface area is 97.9 Å². The summed E-state index contributed by atoms with van der Waals surface area (Å²) >= 11 is 0. The average Bonchev–Trinajstić information content (AvgIpc) is 2.87. The third-order valence-corrected chi connectivity index (χ3v) is 2.32. The molecule has 2 rings (SSSR count). The number of aromatic nitrogens is 1. The van der Waals surface area contributed by atoms with Crippen molar-refractivity contribution in [1.82, 2.24) is 5.16 Å². The second-order valence-corrected chi connectivity index (χ2v) is 3.30. The van der Waals surface area contributed by atoms with Crippen molar-refractivity contribution in [2.45, 2.75) is 0 Å². The van der Waals surface area contributed by atoms with Crippen molar-refractivity contribution in [3.05, 3.63) is 36.1 Å². The van der Waals surface area contributed by atoms with Crippen molar-refractivity contribution in [2.24, 2.45) is 0 Å². The van der Waals surface area contributed by atoms with Gasteiger partial charge in [-0.05, 0) is 12.1 Å². The van der Waals surface area contributed by atoms with Crippen molar-refractivity contribution in [1.29, 1.82) is 0 Å². The molecule has 0 amide bonds. The molecule has 1 heterocycles. The van der Waals surface area contributed by atoms with Crippen LogP contribution in [0.15, 0.2) is 35.1 Å². The lowest BCUT2D eigenvalue weighted by Gasteiger charge is -2.02. The second-order valence-electron chi connectivity index (χ2n) is 3.30. The lowest BCUT2D eigenvalue weighted by Crippen LogP contribution is -2.01. The second kappa shape index (κ2) is 4.69. The van der Waals surface area contributed by atoms with Gasteiger partial charge in [0.2, 0.25) is 0 Å². The highest BCUT2D eigenvalue weighted by Crippen LogP contribution is 2.25. The van der Waals surface area contributed by atoms with Crippen molar-refractivity contribution in [3.63, 3.8) is 0 Å². The van der Waals surface area contributed by atoms with Crippen LogP contribution in [0.3, 0.4) is 0 Å². The third-order valence-electron chi connectivity index (χ3n) is 2.32. The Kier molecular flexibility index (Phi) is 3.09. The number of methoxy groups -OCH3 is 2. The molecular weight excluding hydrogens is 222 g/mol. The van der Waals surface area contributed by atoms with E-state index < -0.39 is 5.97 Å². The Morgan fingerprint density at radius 3 is 2.88 bits per heavy atom. The molecular formula is C12H11NO4. The number of ether oxygens (including phenoxy) is 2. The standard InChI is InChI=1S/C12H11NO4/c1-15-9-5-3-4-8(6-9)11-10(7-17-13-11)12(14)16-2/h3-7H,1-2H3. The van der Waals surface area contributed by atoms with Crippen LogP contribution in [0.5, 0.6) is 5.75 Å². The molecule has 1 aromatic heterocycles. The first-order valence-corrected chi connectivity index (χ1v) is 4.93. The Morgan fingerprint density at radius 1 is 1.35 bits per heavy atom. The lowest BCUT2D eigenvalue weighted by molar-refractivity contribution is 0.0600. The predicted molar refractivity (Wildman–Crippen MR) is 59.8 cm³/mol. The molecule has 0 aliphatic heterocycles. The Balaban J connectivity index is 2.45. The van der Waals surface area contributed by atoms with Crippen molar-refractivity contribution in [2.75, 3.05) is 14.2 Å². The Morgan fingerprint density at radius 2 is 2.18 bits per heavy atom. The topological polar surface area (TPSA) is 61.6 Å². The van der Waals surface area contributed by atoms with E-state index in [1.165, 1.54) is 13.4 Å². The highest BCUT2D eigenvalue weighted by molar-refractivity contribution is 5.95. The minimum atomic E-state index is -0.482. The van der Waals surface area contributed by atoms with E-state index in [0.717, 1.165) is 5.56 Å². The number of carbonyl (C=O) groups is 1. The fourth-order valence-corrected chi connectivity index (χ4v) is 1.47. The molecule has 17 heavy (non-hydrogen) atoms. The van der Waals surface area contributed by atoms with Gasteiger partial charge in [-0.2, -0.15) is 0 Å². The van der Waals surface area contributed by atoms with Crippen LogP contribution < -0.4 is 4.74 Å². The largest absolute Gasteiger partial charge is 0.497 e. The van der Waals surface area contributed by atoms with Crippen molar-refractivity contribution >= 4 is 5.97 Å². The molecule has 0 unspecified atom stereocenters. The van der Waals surface area contributed by atoms with E-state index in [9.17, 15) is 4.79 Å². The molecule has 0 aliphatic rings. The van der Waals surface area contributed by atoms with Gasteiger partial charge in [0, 0.05) is 5.56 Å². The molecule has 2 aromatic rings. The fraction of sp³-hybridized carbons (Fsp3) is 0.167. The first kappa shape index (κ1) is 11.2. The highest BCUT2D eigenvalue weighted by Gasteiger charge is 2.18. The van der Waals surface area contributed by atoms with Crippen LogP contribution in [0.25, 0.3) is 11.3 Å². The van der Waals surface area contributed by atoms with Crippen LogP contribution in [-0.2, 0) is 4.74 Å². The number of nitrogens with zero attached hydrogens (tertiary/aromatic N) is 1. The molecule has 0 saturated heterocycles. The van der Waals surface area contributed by atoms with Crippen molar-refractivity contribution < 1.29 is 18.8 Å². The quantitative estimate of drug-likeness (QED) is 0.760. The normalized spacial score (nSPS) is 10.0. The van der Waals surface area contributed by atoms with E-state index in [2.05, 4.69) is 9.89 Å². The number of hydrogen-bond donors (Lipinski definition) is 0. The average molecular weight is 233 g/mol. The Bertz CT molecular complexity index is 533. The van der Waals surface area contributed by atoms with Crippen LogP contribution in [0.2, 0.25) is 0 Å². The maximum Gasteiger partial charge on any atom is 0.343 e. The summed E-state index contributed by atoms with van der Waals surface area (Å²) in [5.74, 6) is 0.199. The molecule has 88 valence electrons. The van der Waals surface area contributed by atoms with Gasteiger partial charge in [-0.15, -0.1) is 0 Å². The van der Waals surface area contributed by atoms with Gasteiger partial charge in [-0.1, -0.05) is 17.3 Å². The number of benzene rings is 1. The molecule has 0 spiro atoms. The molecule has 0 fully saturated rings. The SMILES string of the molecule is COC(=O)c1conc1-c1cccc(OC)c1. The summed E-state index contributed by atoms with van der Waals surface area (Å²) in [4.78, 5) is 11.5. The van der Waals surface area contributed by atoms with Gasteiger partial charge in [0.15, 0.2) is 0 Å². The van der Waals surface area contributed by atoms with Gasteiger partial charge < -0.3 is 14.0 Å². The van der Waals surface area contributed by atoms with Crippen LogP contribution >= 0.6 is 0 Å². The molecule has 5 heteroatoms. The van der Waals surface area contributed by atoms with E-state index in [1.807, 2.05) is 12.1 Å². The van der Waals surface area contributed by atoms with E-state index in [4.69, 9.17) is 9.26 Å². The smallest absolute Gasteiger partial charge is 0.343 e. The molecule has 0 aliphatic carbocycles. The van der Waals surface area contributed by atoms with Gasteiger partial charge in [0.05, 0.1) is 14.2 Å². The van der Waals surface area contributed by atoms with Gasteiger partial charge in [0.1, 0.15) is 23.3 Å². The van der Waals surface area contributed by atoms with Gasteiger partial charge in [-0.25, -0.2) is 4.79 Å². The number of carbonyl (C=O) groups excluding carboxylic acids is 1. The summed E-state index contributed by atoms with van der Waals surface area (Å²) in [6.07, 6.45) is 1.26. The highest BCUT2D eigenvalue weighted by atomic mass is 16.5. The minimum absolute atomic E-state index is 0.292. The van der Waals surface area contributed by atoms with Gasteiger partial charge in [-0.3, -0.25) is 0 Å². The van der Waals surface area contributed by atoms with Crippen molar-refractivity contribution in [3.8, 4) is 17.0 Å². The molecule has 0 bridgehead atoms. The van der Waals surface area contributed by atoms with Crippen LogP contribution in [-0.4, -0.2) is 25.3 Å². The number of hydrogen-bond acceptors (Lipinski definition) is 5. The summed E-state index contributed by atoms with van der Waals surface area (Å²) in [6, 6.07) is 7.20. The zero-order valence-corrected chi connectivity index (χ0v) is 9.47. The first-order valence-electron chi connectivity index (χ1n) is 4.93. The van der Waals surface area contributed by atoms with E-state index in [1.54, 1.807) is 19.2 Å². The van der Waals surface area contributed by atoms with E-state index in [0.29, 0.717) is 17.0 Å².